The largest absolute Gasteiger partial charge is 0.302 e. The van der Waals surface area contributed by atoms with Gasteiger partial charge in [-0.15, -0.1) is 22.9 Å². The molecule has 1 amide bonds. The van der Waals surface area contributed by atoms with Gasteiger partial charge in [0.15, 0.2) is 5.13 Å². The Kier molecular flexibility index (Phi) is 7.21. The first-order chi connectivity index (χ1) is 8.26. The highest BCUT2D eigenvalue weighted by atomic mass is 35.5. The Morgan fingerprint density at radius 2 is 2.18 bits per heavy atom. The number of nitrogens with one attached hydrogen (secondary N) is 1. The molecule has 0 unspecified atom stereocenters. The summed E-state index contributed by atoms with van der Waals surface area (Å²) in [5, 5.41) is 5.31. The van der Waals surface area contributed by atoms with Crippen molar-refractivity contribution in [3.8, 4) is 0 Å². The number of hydrogen-bond donors (Lipinski definition) is 1. The predicted octanol–water partition coefficient (Wildman–Crippen LogP) is 4.18. The van der Waals surface area contributed by atoms with E-state index in [4.69, 9.17) is 11.6 Å². The molecule has 0 aromatic carbocycles. The molecular weight excluding hydrogens is 256 g/mol. The summed E-state index contributed by atoms with van der Waals surface area (Å²) in [4.78, 5) is 15.7. The van der Waals surface area contributed by atoms with E-state index in [0.717, 1.165) is 18.5 Å². The van der Waals surface area contributed by atoms with Crippen LogP contribution in [-0.2, 0) is 10.7 Å². The maximum absolute atomic E-state index is 11.6. The van der Waals surface area contributed by atoms with E-state index >= 15 is 0 Å². The summed E-state index contributed by atoms with van der Waals surface area (Å²) in [7, 11) is 0. The molecule has 1 N–H and O–H groups in total. The molecule has 3 nitrogen and oxygen atoms in total. The van der Waals surface area contributed by atoms with Gasteiger partial charge in [-0.1, -0.05) is 32.6 Å². The van der Waals surface area contributed by atoms with Crippen molar-refractivity contribution in [1.82, 2.24) is 4.98 Å². The number of carbonyl (C=O) groups is 1. The van der Waals surface area contributed by atoms with E-state index in [0.29, 0.717) is 17.4 Å². The van der Waals surface area contributed by atoms with Crippen LogP contribution in [0, 0.1) is 0 Å². The Hall–Kier alpha value is -0.610. The third kappa shape index (κ3) is 6.03. The van der Waals surface area contributed by atoms with Gasteiger partial charge in [-0.2, -0.15) is 0 Å². The Balaban J connectivity index is 2.16. The number of alkyl halides is 1. The lowest BCUT2D eigenvalue weighted by molar-refractivity contribution is -0.116. The first-order valence-corrected chi connectivity index (χ1v) is 7.48. The van der Waals surface area contributed by atoms with Crippen molar-refractivity contribution in [2.24, 2.45) is 0 Å². The van der Waals surface area contributed by atoms with Crippen LogP contribution in [0.1, 0.15) is 51.1 Å². The van der Waals surface area contributed by atoms with Crippen LogP contribution in [0.3, 0.4) is 0 Å². The van der Waals surface area contributed by atoms with Crippen LogP contribution in [0.5, 0.6) is 0 Å². The predicted molar refractivity (Wildman–Crippen MR) is 73.7 cm³/mol. The van der Waals surface area contributed by atoms with E-state index in [1.54, 1.807) is 0 Å². The average Bonchev–Trinajstić information content (AvgIpc) is 2.76. The zero-order valence-electron chi connectivity index (χ0n) is 10.2. The summed E-state index contributed by atoms with van der Waals surface area (Å²) in [5.74, 6) is 0.445. The number of rotatable bonds is 8. The third-order valence-corrected chi connectivity index (χ3v) is 3.52. The van der Waals surface area contributed by atoms with Gasteiger partial charge in [-0.3, -0.25) is 4.79 Å². The topological polar surface area (TPSA) is 42.0 Å². The smallest absolute Gasteiger partial charge is 0.226 e. The van der Waals surface area contributed by atoms with Crippen LogP contribution in [0.15, 0.2) is 5.38 Å². The first-order valence-electron chi connectivity index (χ1n) is 6.06. The van der Waals surface area contributed by atoms with Gasteiger partial charge in [-0.25, -0.2) is 4.98 Å². The molecule has 5 heteroatoms. The molecule has 1 aromatic rings. The molecule has 0 aliphatic carbocycles. The van der Waals surface area contributed by atoms with E-state index in [1.807, 2.05) is 5.38 Å². The number of thiazole rings is 1. The van der Waals surface area contributed by atoms with Crippen LogP contribution in [0.4, 0.5) is 5.13 Å². The summed E-state index contributed by atoms with van der Waals surface area (Å²) < 4.78 is 0. The van der Waals surface area contributed by atoms with Crippen molar-refractivity contribution < 1.29 is 4.79 Å². The van der Waals surface area contributed by atoms with Gasteiger partial charge >= 0.3 is 0 Å². The summed E-state index contributed by atoms with van der Waals surface area (Å²) in [6.07, 6.45) is 6.38. The number of hydrogen-bond acceptors (Lipinski definition) is 3. The molecule has 0 fully saturated rings. The molecule has 0 saturated heterocycles. The number of unbranched alkanes of at least 4 members (excludes halogenated alkanes) is 4. The second kappa shape index (κ2) is 8.48. The number of amides is 1. The number of nitrogens with zero attached hydrogens (tertiary/aromatic N) is 1. The van der Waals surface area contributed by atoms with E-state index in [2.05, 4.69) is 17.2 Å². The molecule has 0 atom stereocenters. The minimum Gasteiger partial charge on any atom is -0.302 e. The van der Waals surface area contributed by atoms with Crippen LogP contribution in [0.2, 0.25) is 0 Å². The minimum absolute atomic E-state index is 0.0528. The summed E-state index contributed by atoms with van der Waals surface area (Å²) in [5.41, 5.74) is 0.815. The van der Waals surface area contributed by atoms with Crippen LogP contribution >= 0.6 is 22.9 Å². The Morgan fingerprint density at radius 1 is 1.41 bits per heavy atom. The van der Waals surface area contributed by atoms with E-state index < -0.39 is 0 Å². The third-order valence-electron chi connectivity index (χ3n) is 2.44. The first kappa shape index (κ1) is 14.5. The summed E-state index contributed by atoms with van der Waals surface area (Å²) in [6, 6.07) is 0. The Bertz CT molecular complexity index is 341. The van der Waals surface area contributed by atoms with Crippen molar-refractivity contribution in [1.29, 1.82) is 0 Å². The van der Waals surface area contributed by atoms with Gasteiger partial charge in [0.25, 0.3) is 0 Å². The molecule has 0 aliphatic heterocycles. The average molecular weight is 275 g/mol. The SMILES string of the molecule is CCCCCCCC(=O)Nc1nc(CCl)cs1. The lowest BCUT2D eigenvalue weighted by Gasteiger charge is -2.01. The number of carbonyl (C=O) groups excluding carboxylic acids is 1. The minimum atomic E-state index is 0.0528. The maximum Gasteiger partial charge on any atom is 0.226 e. The van der Waals surface area contributed by atoms with E-state index in [-0.39, 0.29) is 5.91 Å². The van der Waals surface area contributed by atoms with Crippen molar-refractivity contribution in [3.05, 3.63) is 11.1 Å². The second-order valence-electron chi connectivity index (χ2n) is 3.99. The number of anilines is 1. The summed E-state index contributed by atoms with van der Waals surface area (Å²) in [6.45, 7) is 2.18. The van der Waals surface area contributed by atoms with Crippen LogP contribution in [0.25, 0.3) is 0 Å². The highest BCUT2D eigenvalue weighted by Gasteiger charge is 2.05. The maximum atomic E-state index is 11.6. The zero-order valence-corrected chi connectivity index (χ0v) is 11.7. The van der Waals surface area contributed by atoms with Crippen molar-refractivity contribution in [2.75, 3.05) is 5.32 Å². The van der Waals surface area contributed by atoms with Gasteiger partial charge in [-0.05, 0) is 6.42 Å². The van der Waals surface area contributed by atoms with E-state index in [1.165, 1.54) is 30.6 Å². The normalized spacial score (nSPS) is 10.5. The quantitative estimate of drug-likeness (QED) is 0.571. The van der Waals surface area contributed by atoms with E-state index in [9.17, 15) is 4.79 Å². The molecule has 1 heterocycles. The van der Waals surface area contributed by atoms with Crippen LogP contribution < -0.4 is 5.32 Å². The van der Waals surface area contributed by atoms with Crippen molar-refractivity contribution in [2.45, 2.75) is 51.3 Å². The molecular formula is C12H19ClN2OS. The summed E-state index contributed by atoms with van der Waals surface area (Å²) >= 11 is 7.06. The molecule has 0 radical (unpaired) electrons. The van der Waals surface area contributed by atoms with Gasteiger partial charge < -0.3 is 5.32 Å². The van der Waals surface area contributed by atoms with Crippen LogP contribution in [-0.4, -0.2) is 10.9 Å². The number of halogens is 1. The van der Waals surface area contributed by atoms with Crippen molar-refractivity contribution in [3.63, 3.8) is 0 Å². The second-order valence-corrected chi connectivity index (χ2v) is 5.12. The molecule has 1 aromatic heterocycles. The highest BCUT2D eigenvalue weighted by molar-refractivity contribution is 7.13. The van der Waals surface area contributed by atoms with Gasteiger partial charge in [0.2, 0.25) is 5.91 Å². The molecule has 1 rings (SSSR count). The molecule has 0 aliphatic rings. The van der Waals surface area contributed by atoms with Gasteiger partial charge in [0, 0.05) is 11.8 Å². The highest BCUT2D eigenvalue weighted by Crippen LogP contribution is 2.17. The fraction of sp³-hybridized carbons (Fsp3) is 0.667. The number of aromatic nitrogens is 1. The van der Waals surface area contributed by atoms with Gasteiger partial charge in [0.1, 0.15) is 0 Å². The standard InChI is InChI=1S/C12H19ClN2OS/c1-2-3-4-5-6-7-11(16)15-12-14-10(8-13)9-17-12/h9H,2-8H2,1H3,(H,14,15,16). The zero-order chi connectivity index (χ0) is 12.5. The molecule has 0 saturated carbocycles. The lowest BCUT2D eigenvalue weighted by Crippen LogP contribution is -2.10. The Morgan fingerprint density at radius 3 is 2.82 bits per heavy atom. The lowest BCUT2D eigenvalue weighted by atomic mass is 10.1. The molecule has 17 heavy (non-hydrogen) atoms. The Labute approximate surface area is 112 Å². The van der Waals surface area contributed by atoms with Crippen molar-refractivity contribution >= 4 is 34.0 Å². The fourth-order valence-electron chi connectivity index (χ4n) is 1.50. The molecule has 0 bridgehead atoms. The fourth-order valence-corrected chi connectivity index (χ4v) is 2.45. The molecule has 96 valence electrons. The molecule has 0 spiro atoms. The monoisotopic (exact) mass is 274 g/mol. The van der Waals surface area contributed by atoms with Gasteiger partial charge in [0.05, 0.1) is 11.6 Å².